The Labute approximate surface area is 72.5 Å². The molecule has 11 heavy (non-hydrogen) atoms. The Hall–Kier alpha value is -0.740. The van der Waals surface area contributed by atoms with Crippen LogP contribution in [0.4, 0.5) is 0 Å². The third kappa shape index (κ3) is 1.19. The summed E-state index contributed by atoms with van der Waals surface area (Å²) < 4.78 is 0. The second-order valence-corrected chi connectivity index (χ2v) is 3.93. The highest BCUT2D eigenvalue weighted by molar-refractivity contribution is 7.20. The van der Waals surface area contributed by atoms with Crippen LogP contribution in [0.1, 0.15) is 5.56 Å². The van der Waals surface area contributed by atoms with E-state index in [2.05, 4.69) is 28.6 Å². The lowest BCUT2D eigenvalue weighted by Crippen LogP contribution is -1.73. The molecule has 0 saturated heterocycles. The largest absolute Gasteiger partial charge is 0.157 e. The smallest absolute Gasteiger partial charge is 0.147 e. The average Bonchev–Trinajstić information content (AvgIpc) is 2.55. The minimum atomic E-state index is 1.03. The van der Waals surface area contributed by atoms with Crippen molar-refractivity contribution in [2.45, 2.75) is 6.92 Å². The van der Waals surface area contributed by atoms with Gasteiger partial charge in [-0.2, -0.15) is 0 Å². The Morgan fingerprint density at radius 3 is 2.82 bits per heavy atom. The maximum atomic E-state index is 4.00. The first-order chi connectivity index (χ1) is 5.38. The summed E-state index contributed by atoms with van der Waals surface area (Å²) in [6, 6.07) is 2.10. The zero-order valence-corrected chi connectivity index (χ0v) is 7.58. The van der Waals surface area contributed by atoms with Crippen molar-refractivity contribution in [3.63, 3.8) is 0 Å². The summed E-state index contributed by atoms with van der Waals surface area (Å²) >= 11 is 3.30. The minimum Gasteiger partial charge on any atom is -0.147 e. The maximum Gasteiger partial charge on any atom is 0.157 e. The Bertz CT molecular complexity index is 337. The van der Waals surface area contributed by atoms with Crippen molar-refractivity contribution in [3.05, 3.63) is 22.5 Å². The predicted molar refractivity (Wildman–Crippen MR) is 48.0 cm³/mol. The summed E-state index contributed by atoms with van der Waals surface area (Å²) in [5.41, 5.74) is 3.04. The number of hydrogen-bond donors (Lipinski definition) is 0. The van der Waals surface area contributed by atoms with E-state index in [1.807, 2.05) is 0 Å². The van der Waals surface area contributed by atoms with Gasteiger partial charge in [0.25, 0.3) is 0 Å². The fraction of sp³-hybridized carbons (Fsp3) is 0.143. The molecule has 0 unspecified atom stereocenters. The van der Waals surface area contributed by atoms with E-state index in [0.717, 1.165) is 5.01 Å². The molecule has 2 nitrogen and oxygen atoms in total. The van der Waals surface area contributed by atoms with Gasteiger partial charge in [0, 0.05) is 0 Å². The van der Waals surface area contributed by atoms with E-state index in [4.69, 9.17) is 0 Å². The van der Waals surface area contributed by atoms with Gasteiger partial charge >= 0.3 is 0 Å². The quantitative estimate of drug-likeness (QED) is 0.677. The lowest BCUT2D eigenvalue weighted by Gasteiger charge is -1.88. The van der Waals surface area contributed by atoms with Crippen LogP contribution in [0.2, 0.25) is 0 Å². The fourth-order valence-corrected chi connectivity index (χ4v) is 2.51. The van der Waals surface area contributed by atoms with Gasteiger partial charge in [-0.05, 0) is 23.9 Å². The van der Waals surface area contributed by atoms with E-state index in [1.165, 1.54) is 10.4 Å². The van der Waals surface area contributed by atoms with Crippen molar-refractivity contribution >= 4 is 22.7 Å². The minimum absolute atomic E-state index is 1.03. The third-order valence-electron chi connectivity index (χ3n) is 1.42. The van der Waals surface area contributed by atoms with Crippen LogP contribution in [0.25, 0.3) is 9.88 Å². The summed E-state index contributed by atoms with van der Waals surface area (Å²) in [5, 5.41) is 10.9. The van der Waals surface area contributed by atoms with E-state index in [9.17, 15) is 0 Å². The molecule has 0 atom stereocenters. The summed E-state index contributed by atoms with van der Waals surface area (Å²) in [7, 11) is 0. The fourth-order valence-electron chi connectivity index (χ4n) is 0.864. The van der Waals surface area contributed by atoms with E-state index in [1.54, 1.807) is 28.2 Å². The highest BCUT2D eigenvalue weighted by Gasteiger charge is 2.05. The van der Waals surface area contributed by atoms with Gasteiger partial charge in [-0.15, -0.1) is 21.5 Å². The lowest BCUT2D eigenvalue weighted by molar-refractivity contribution is 1.10. The molecule has 0 fully saturated rings. The van der Waals surface area contributed by atoms with Crippen molar-refractivity contribution in [3.8, 4) is 9.88 Å². The third-order valence-corrected chi connectivity index (χ3v) is 3.28. The van der Waals surface area contributed by atoms with Crippen LogP contribution in [-0.4, -0.2) is 10.2 Å². The second-order valence-electron chi connectivity index (χ2n) is 2.18. The highest BCUT2D eigenvalue weighted by atomic mass is 32.1. The van der Waals surface area contributed by atoms with Crippen molar-refractivity contribution < 1.29 is 0 Å². The molecule has 0 aliphatic heterocycles. The molecule has 2 rings (SSSR count). The standard InChI is InChI=1S/C7H6N2S2/c1-5-2-3-10-6(5)7-9-8-4-11-7/h2-4H,1H3. The normalized spacial score (nSPS) is 10.3. The molecule has 0 aliphatic carbocycles. The molecule has 0 amide bonds. The molecule has 0 radical (unpaired) electrons. The Morgan fingerprint density at radius 2 is 2.27 bits per heavy atom. The molecule has 0 bridgehead atoms. The predicted octanol–water partition coefficient (Wildman–Crippen LogP) is 2.58. The van der Waals surface area contributed by atoms with Gasteiger partial charge in [0.05, 0.1) is 4.88 Å². The zero-order valence-electron chi connectivity index (χ0n) is 5.94. The van der Waals surface area contributed by atoms with Gasteiger partial charge in [0.2, 0.25) is 0 Å². The molecular formula is C7H6N2S2. The molecule has 0 N–H and O–H groups in total. The number of rotatable bonds is 1. The molecule has 2 heterocycles. The van der Waals surface area contributed by atoms with Crippen LogP contribution >= 0.6 is 22.7 Å². The second kappa shape index (κ2) is 2.71. The van der Waals surface area contributed by atoms with E-state index in [-0.39, 0.29) is 0 Å². The monoisotopic (exact) mass is 182 g/mol. The average molecular weight is 182 g/mol. The zero-order chi connectivity index (χ0) is 7.68. The first-order valence-electron chi connectivity index (χ1n) is 3.18. The molecule has 2 aromatic rings. The topological polar surface area (TPSA) is 25.8 Å². The van der Waals surface area contributed by atoms with Crippen LogP contribution in [-0.2, 0) is 0 Å². The molecule has 0 aliphatic rings. The number of aryl methyl sites for hydroxylation is 1. The lowest BCUT2D eigenvalue weighted by atomic mass is 10.3. The molecule has 0 saturated carbocycles. The number of thiophene rings is 1. The van der Waals surface area contributed by atoms with Gasteiger partial charge in [0.1, 0.15) is 5.51 Å². The van der Waals surface area contributed by atoms with Gasteiger partial charge in [-0.25, -0.2) is 0 Å². The first kappa shape index (κ1) is 6.94. The van der Waals surface area contributed by atoms with Crippen LogP contribution in [0, 0.1) is 6.92 Å². The van der Waals surface area contributed by atoms with Crippen molar-refractivity contribution in [1.82, 2.24) is 10.2 Å². The Morgan fingerprint density at radius 1 is 1.36 bits per heavy atom. The van der Waals surface area contributed by atoms with E-state index < -0.39 is 0 Å². The van der Waals surface area contributed by atoms with Crippen molar-refractivity contribution in [1.29, 1.82) is 0 Å². The van der Waals surface area contributed by atoms with E-state index >= 15 is 0 Å². The van der Waals surface area contributed by atoms with Crippen LogP contribution in [0.3, 0.4) is 0 Å². The molecule has 2 aromatic heterocycles. The van der Waals surface area contributed by atoms with Gasteiger partial charge in [-0.1, -0.05) is 11.3 Å². The van der Waals surface area contributed by atoms with Gasteiger partial charge in [0.15, 0.2) is 5.01 Å². The van der Waals surface area contributed by atoms with Crippen LogP contribution in [0.5, 0.6) is 0 Å². The molecule has 56 valence electrons. The number of aromatic nitrogens is 2. The SMILES string of the molecule is Cc1ccsc1-c1nncs1. The van der Waals surface area contributed by atoms with E-state index in [0.29, 0.717) is 0 Å². The first-order valence-corrected chi connectivity index (χ1v) is 4.94. The molecular weight excluding hydrogens is 176 g/mol. The van der Waals surface area contributed by atoms with Crippen LogP contribution in [0.15, 0.2) is 17.0 Å². The number of nitrogens with zero attached hydrogens (tertiary/aromatic N) is 2. The Kier molecular flexibility index (Phi) is 1.71. The molecule has 4 heteroatoms. The summed E-state index contributed by atoms with van der Waals surface area (Å²) in [6.45, 7) is 2.09. The van der Waals surface area contributed by atoms with Crippen molar-refractivity contribution in [2.24, 2.45) is 0 Å². The van der Waals surface area contributed by atoms with Crippen molar-refractivity contribution in [2.75, 3.05) is 0 Å². The summed E-state index contributed by atoms with van der Waals surface area (Å²) in [4.78, 5) is 1.24. The molecule has 0 spiro atoms. The van der Waals surface area contributed by atoms with Gasteiger partial charge < -0.3 is 0 Å². The Balaban J connectivity index is 2.53. The molecule has 0 aromatic carbocycles. The van der Waals surface area contributed by atoms with Crippen LogP contribution < -0.4 is 0 Å². The highest BCUT2D eigenvalue weighted by Crippen LogP contribution is 2.29. The van der Waals surface area contributed by atoms with Gasteiger partial charge in [-0.3, -0.25) is 0 Å². The summed E-state index contributed by atoms with van der Waals surface area (Å²) in [6.07, 6.45) is 0. The number of hydrogen-bond acceptors (Lipinski definition) is 4. The summed E-state index contributed by atoms with van der Waals surface area (Å²) in [5.74, 6) is 0. The maximum absolute atomic E-state index is 4.00.